The third-order valence-electron chi connectivity index (χ3n) is 4.89. The molecule has 3 N–H and O–H groups in total. The Morgan fingerprint density at radius 2 is 1.76 bits per heavy atom. The minimum Gasteiger partial charge on any atom is -0.497 e. The maximum absolute atomic E-state index is 12.9. The van der Waals surface area contributed by atoms with Gasteiger partial charge in [0.15, 0.2) is 0 Å². The highest BCUT2D eigenvalue weighted by Gasteiger charge is 2.33. The van der Waals surface area contributed by atoms with Crippen LogP contribution in [-0.4, -0.2) is 44.7 Å². The van der Waals surface area contributed by atoms with Crippen molar-refractivity contribution in [3.05, 3.63) is 54.1 Å². The van der Waals surface area contributed by atoms with Gasteiger partial charge in [-0.25, -0.2) is 8.42 Å². The molecule has 0 saturated carbocycles. The average molecular weight is 417 g/mol. The lowest BCUT2D eigenvalue weighted by atomic mass is 9.98. The maximum atomic E-state index is 12.9. The molecule has 1 aliphatic rings. The molecule has 1 aliphatic heterocycles. The molecule has 0 spiro atoms. The van der Waals surface area contributed by atoms with Crippen molar-refractivity contribution >= 4 is 27.5 Å². The number of methoxy groups -OCH3 is 1. The Morgan fingerprint density at radius 3 is 2.34 bits per heavy atom. The van der Waals surface area contributed by atoms with Gasteiger partial charge in [0.05, 0.1) is 17.9 Å². The molecule has 3 rings (SSSR count). The molecule has 0 aromatic heterocycles. The Labute approximate surface area is 169 Å². The van der Waals surface area contributed by atoms with Gasteiger partial charge in [-0.3, -0.25) is 9.59 Å². The molecule has 9 heteroatoms. The molecule has 2 aromatic rings. The van der Waals surface area contributed by atoms with Gasteiger partial charge >= 0.3 is 0 Å². The van der Waals surface area contributed by atoms with Gasteiger partial charge in [0.1, 0.15) is 5.75 Å². The molecule has 0 bridgehead atoms. The highest BCUT2D eigenvalue weighted by molar-refractivity contribution is 7.89. The van der Waals surface area contributed by atoms with E-state index in [0.29, 0.717) is 36.4 Å². The number of sulfonamides is 1. The summed E-state index contributed by atoms with van der Waals surface area (Å²) in [5, 5.41) is 2.78. The Kier molecular flexibility index (Phi) is 6.19. The summed E-state index contributed by atoms with van der Waals surface area (Å²) >= 11 is 0. The van der Waals surface area contributed by atoms with E-state index >= 15 is 0 Å². The number of rotatable bonds is 6. The molecule has 29 heavy (non-hydrogen) atoms. The Balaban J connectivity index is 1.68. The van der Waals surface area contributed by atoms with E-state index in [1.54, 1.807) is 24.3 Å². The largest absolute Gasteiger partial charge is 0.497 e. The minimum atomic E-state index is -3.70. The number of anilines is 1. The normalized spacial score (nSPS) is 17.5. The third kappa shape index (κ3) is 4.75. The topological polar surface area (TPSA) is 119 Å². The number of nitrogens with zero attached hydrogens (tertiary/aromatic N) is 1. The standard InChI is InChI=1S/C20H23N3O5S/c1-28-17-8-10-18(11-9-17)29(26,27)23-12-2-3-15(13-23)20(25)22-16-6-4-14(5-7-16)19(21)24/h4-11,15H,2-3,12-13H2,1H3,(H2,21,24)(H,22,25)/t15-/m0/s1. The van der Waals surface area contributed by atoms with E-state index in [9.17, 15) is 18.0 Å². The van der Waals surface area contributed by atoms with Crippen molar-refractivity contribution in [1.29, 1.82) is 0 Å². The molecule has 1 atom stereocenters. The zero-order valence-electron chi connectivity index (χ0n) is 16.0. The van der Waals surface area contributed by atoms with Crippen molar-refractivity contribution in [3.63, 3.8) is 0 Å². The van der Waals surface area contributed by atoms with E-state index in [0.717, 1.165) is 0 Å². The van der Waals surface area contributed by atoms with Gasteiger partial charge in [-0.05, 0) is 61.4 Å². The molecule has 1 saturated heterocycles. The van der Waals surface area contributed by atoms with Gasteiger partial charge in [0.25, 0.3) is 0 Å². The van der Waals surface area contributed by atoms with Gasteiger partial charge in [0.2, 0.25) is 21.8 Å². The molecule has 8 nitrogen and oxygen atoms in total. The monoisotopic (exact) mass is 417 g/mol. The predicted molar refractivity (Wildman–Crippen MR) is 108 cm³/mol. The first kappa shape index (κ1) is 20.8. The van der Waals surface area contributed by atoms with E-state index in [2.05, 4.69) is 5.32 Å². The number of nitrogens with one attached hydrogen (secondary N) is 1. The van der Waals surface area contributed by atoms with Crippen LogP contribution in [0.15, 0.2) is 53.4 Å². The van der Waals surface area contributed by atoms with Gasteiger partial charge in [-0.1, -0.05) is 0 Å². The summed E-state index contributed by atoms with van der Waals surface area (Å²) in [5.41, 5.74) is 6.07. The molecule has 154 valence electrons. The minimum absolute atomic E-state index is 0.111. The Morgan fingerprint density at radius 1 is 1.10 bits per heavy atom. The van der Waals surface area contributed by atoms with Crippen LogP contribution in [0.3, 0.4) is 0 Å². The summed E-state index contributed by atoms with van der Waals surface area (Å²) in [6, 6.07) is 12.4. The maximum Gasteiger partial charge on any atom is 0.248 e. The van der Waals surface area contributed by atoms with Crippen LogP contribution in [0.2, 0.25) is 0 Å². The summed E-state index contributed by atoms with van der Waals surface area (Å²) < 4.78 is 32.3. The van der Waals surface area contributed by atoms with Crippen LogP contribution in [0.1, 0.15) is 23.2 Å². The lowest BCUT2D eigenvalue weighted by Crippen LogP contribution is -2.43. The summed E-state index contributed by atoms with van der Waals surface area (Å²) in [7, 11) is -2.18. The number of hydrogen-bond donors (Lipinski definition) is 2. The second kappa shape index (κ2) is 8.62. The van der Waals surface area contributed by atoms with Gasteiger partial charge < -0.3 is 15.8 Å². The molecular formula is C20H23N3O5S. The molecule has 0 radical (unpaired) electrons. The van der Waals surface area contributed by atoms with Gasteiger partial charge in [-0.2, -0.15) is 4.31 Å². The highest BCUT2D eigenvalue weighted by Crippen LogP contribution is 2.26. The first-order valence-corrected chi connectivity index (χ1v) is 10.6. The molecule has 0 unspecified atom stereocenters. The van der Waals surface area contributed by atoms with Crippen LogP contribution < -0.4 is 15.8 Å². The van der Waals surface area contributed by atoms with Crippen LogP contribution >= 0.6 is 0 Å². The quantitative estimate of drug-likeness (QED) is 0.743. The predicted octanol–water partition coefficient (Wildman–Crippen LogP) is 1.83. The number of hydrogen-bond acceptors (Lipinski definition) is 5. The van der Waals surface area contributed by atoms with Crippen molar-refractivity contribution in [1.82, 2.24) is 4.31 Å². The fourth-order valence-corrected chi connectivity index (χ4v) is 4.76. The van der Waals surface area contributed by atoms with Crippen LogP contribution in [-0.2, 0) is 14.8 Å². The average Bonchev–Trinajstić information content (AvgIpc) is 2.74. The number of amides is 2. The molecule has 2 amide bonds. The van der Waals surface area contributed by atoms with Crippen molar-refractivity contribution in [2.24, 2.45) is 11.7 Å². The number of carbonyl (C=O) groups excluding carboxylic acids is 2. The van der Waals surface area contributed by atoms with Crippen LogP contribution in [0, 0.1) is 5.92 Å². The summed E-state index contributed by atoms with van der Waals surface area (Å²) in [6.07, 6.45) is 1.19. The Hall–Kier alpha value is -2.91. The highest BCUT2D eigenvalue weighted by atomic mass is 32.2. The second-order valence-corrected chi connectivity index (χ2v) is 8.75. The molecular weight excluding hydrogens is 394 g/mol. The van der Waals surface area contributed by atoms with Crippen molar-refractivity contribution < 1.29 is 22.7 Å². The fourth-order valence-electron chi connectivity index (χ4n) is 3.23. The van der Waals surface area contributed by atoms with E-state index < -0.39 is 21.8 Å². The third-order valence-corrected chi connectivity index (χ3v) is 6.77. The summed E-state index contributed by atoms with van der Waals surface area (Å²) in [6.45, 7) is 0.477. The van der Waals surface area contributed by atoms with Crippen molar-refractivity contribution in [2.75, 3.05) is 25.5 Å². The van der Waals surface area contributed by atoms with Gasteiger partial charge in [0, 0.05) is 24.3 Å². The van der Waals surface area contributed by atoms with E-state index in [1.807, 2.05) is 0 Å². The number of benzene rings is 2. The lowest BCUT2D eigenvalue weighted by Gasteiger charge is -2.31. The molecule has 1 heterocycles. The SMILES string of the molecule is COc1ccc(S(=O)(=O)N2CCC[C@H](C(=O)Nc3ccc(C(N)=O)cc3)C2)cc1. The summed E-state index contributed by atoms with van der Waals surface area (Å²) in [4.78, 5) is 23.9. The number of ether oxygens (including phenoxy) is 1. The zero-order valence-corrected chi connectivity index (χ0v) is 16.8. The van der Waals surface area contributed by atoms with Gasteiger partial charge in [-0.15, -0.1) is 0 Å². The number of primary amides is 1. The first-order valence-electron chi connectivity index (χ1n) is 9.16. The molecule has 0 aliphatic carbocycles. The summed E-state index contributed by atoms with van der Waals surface area (Å²) in [5.74, 6) is -0.698. The Bertz CT molecular complexity index is 988. The van der Waals surface area contributed by atoms with E-state index in [4.69, 9.17) is 10.5 Å². The van der Waals surface area contributed by atoms with E-state index in [1.165, 1.54) is 35.7 Å². The molecule has 1 fully saturated rings. The number of piperidine rings is 1. The van der Waals surface area contributed by atoms with Crippen molar-refractivity contribution in [2.45, 2.75) is 17.7 Å². The zero-order chi connectivity index (χ0) is 21.0. The van der Waals surface area contributed by atoms with Crippen LogP contribution in [0.4, 0.5) is 5.69 Å². The fraction of sp³-hybridized carbons (Fsp3) is 0.300. The van der Waals surface area contributed by atoms with Crippen molar-refractivity contribution in [3.8, 4) is 5.75 Å². The van der Waals surface area contributed by atoms with Crippen LogP contribution in [0.25, 0.3) is 0 Å². The molecule has 2 aromatic carbocycles. The smallest absolute Gasteiger partial charge is 0.248 e. The number of carbonyl (C=O) groups is 2. The number of nitrogens with two attached hydrogens (primary N) is 1. The first-order chi connectivity index (χ1) is 13.8. The van der Waals surface area contributed by atoms with E-state index in [-0.39, 0.29) is 17.3 Å². The second-order valence-electron chi connectivity index (χ2n) is 6.81. The van der Waals surface area contributed by atoms with Crippen LogP contribution in [0.5, 0.6) is 5.75 Å². The lowest BCUT2D eigenvalue weighted by molar-refractivity contribution is -0.120.